The number of hydrogen-bond acceptors (Lipinski definition) is 6. The van der Waals surface area contributed by atoms with Crippen molar-refractivity contribution < 1.29 is 40.6 Å². The number of benzene rings is 3. The molecule has 2 atom stereocenters. The second-order valence-electron chi connectivity index (χ2n) is 9.07. The number of rotatable bonds is 7. The van der Waals surface area contributed by atoms with Gasteiger partial charge in [-0.3, -0.25) is 4.72 Å². The van der Waals surface area contributed by atoms with E-state index in [1.165, 1.54) is 29.0 Å². The summed E-state index contributed by atoms with van der Waals surface area (Å²) in [6, 6.07) is 18.6. The van der Waals surface area contributed by atoms with Gasteiger partial charge in [0.2, 0.25) is 0 Å². The van der Waals surface area contributed by atoms with Crippen LogP contribution in [-0.2, 0) is 23.1 Å². The molecule has 0 bridgehead atoms. The molecule has 0 spiro atoms. The number of ether oxygens (including phenoxy) is 2. The highest BCUT2D eigenvalue weighted by atomic mass is 32.2. The van der Waals surface area contributed by atoms with Crippen molar-refractivity contribution in [2.24, 2.45) is 5.92 Å². The number of anilines is 1. The van der Waals surface area contributed by atoms with Crippen molar-refractivity contribution >= 4 is 26.6 Å². The molecule has 7 nitrogen and oxygen atoms in total. The van der Waals surface area contributed by atoms with Crippen molar-refractivity contribution in [1.29, 1.82) is 0 Å². The Morgan fingerprint density at radius 1 is 1.05 bits per heavy atom. The van der Waals surface area contributed by atoms with Crippen molar-refractivity contribution in [3.05, 3.63) is 95.4 Å². The third kappa shape index (κ3) is 5.76. The molecular formula is C27H22F4N2O5S. The molecule has 0 saturated heterocycles. The Hall–Kier alpha value is -3.90. The van der Waals surface area contributed by atoms with Gasteiger partial charge in [0.25, 0.3) is 0 Å². The largest absolute Gasteiger partial charge is 0.516 e. The van der Waals surface area contributed by atoms with Gasteiger partial charge in [-0.1, -0.05) is 24.3 Å². The van der Waals surface area contributed by atoms with E-state index in [1.807, 2.05) is 0 Å². The first-order valence-electron chi connectivity index (χ1n) is 11.8. The first kappa shape index (κ1) is 26.7. The van der Waals surface area contributed by atoms with Crippen LogP contribution in [0.4, 0.5) is 23.2 Å². The van der Waals surface area contributed by atoms with E-state index in [4.69, 9.17) is 9.47 Å². The summed E-state index contributed by atoms with van der Waals surface area (Å²) in [5.41, 5.74) is -3.84. The zero-order valence-corrected chi connectivity index (χ0v) is 21.0. The van der Waals surface area contributed by atoms with E-state index >= 15 is 0 Å². The van der Waals surface area contributed by atoms with Crippen molar-refractivity contribution in [3.8, 4) is 11.5 Å². The Kier molecular flexibility index (Phi) is 7.08. The molecule has 2 heterocycles. The number of sulfonamides is 1. The number of fused-ring (bicyclic) bond motifs is 2. The monoisotopic (exact) mass is 562 g/mol. The van der Waals surface area contributed by atoms with Crippen LogP contribution in [0.3, 0.4) is 0 Å². The Labute approximate surface area is 221 Å². The van der Waals surface area contributed by atoms with E-state index in [-0.39, 0.29) is 25.3 Å². The van der Waals surface area contributed by atoms with E-state index in [0.717, 1.165) is 0 Å². The number of aliphatic hydroxyl groups excluding tert-OH is 1. The molecule has 3 aromatic carbocycles. The van der Waals surface area contributed by atoms with Gasteiger partial charge >= 0.3 is 15.5 Å². The summed E-state index contributed by atoms with van der Waals surface area (Å²) in [5, 5.41) is 11.5. The number of aliphatic hydroxyl groups is 1. The molecule has 0 fully saturated rings. The van der Waals surface area contributed by atoms with Crippen LogP contribution in [-0.4, -0.2) is 30.6 Å². The van der Waals surface area contributed by atoms with Crippen molar-refractivity contribution in [2.75, 3.05) is 11.3 Å². The molecule has 204 valence electrons. The Balaban J connectivity index is 1.28. The Morgan fingerprint density at radius 3 is 2.64 bits per heavy atom. The molecule has 1 aliphatic rings. The zero-order chi connectivity index (χ0) is 27.8. The maximum Gasteiger partial charge on any atom is 0.516 e. The molecule has 1 aromatic heterocycles. The maximum atomic E-state index is 14.4. The summed E-state index contributed by atoms with van der Waals surface area (Å²) in [6.45, 7) is 0.120. The van der Waals surface area contributed by atoms with Gasteiger partial charge in [-0.2, -0.15) is 21.6 Å². The average molecular weight is 563 g/mol. The fourth-order valence-electron chi connectivity index (χ4n) is 4.38. The highest BCUT2D eigenvalue weighted by molar-refractivity contribution is 7.93. The SMILES string of the molecule is O=S(=O)(Nc1cccc(C[C@@H]2COc3ccc(OCc4cc(F)c5ccccc5n4)cc3[C@@H]2O)c1)C(F)(F)F. The number of hydrogen-bond donors (Lipinski definition) is 2. The average Bonchev–Trinajstić information content (AvgIpc) is 2.89. The Morgan fingerprint density at radius 2 is 1.85 bits per heavy atom. The van der Waals surface area contributed by atoms with Crippen molar-refractivity contribution in [3.63, 3.8) is 0 Å². The number of nitrogens with zero attached hydrogens (tertiary/aromatic N) is 1. The van der Waals surface area contributed by atoms with Crippen LogP contribution in [0, 0.1) is 11.7 Å². The predicted octanol–water partition coefficient (Wildman–Crippen LogP) is 5.50. The minimum Gasteiger partial charge on any atom is -0.493 e. The van der Waals surface area contributed by atoms with Crippen molar-refractivity contribution in [1.82, 2.24) is 4.98 Å². The van der Waals surface area contributed by atoms with Gasteiger partial charge in [0.05, 0.1) is 23.9 Å². The number of para-hydroxylation sites is 1. The Bertz CT molecular complexity index is 1630. The molecule has 39 heavy (non-hydrogen) atoms. The van der Waals surface area contributed by atoms with Gasteiger partial charge in [0.1, 0.15) is 23.9 Å². The topological polar surface area (TPSA) is 97.8 Å². The van der Waals surface area contributed by atoms with Crippen LogP contribution < -0.4 is 14.2 Å². The number of alkyl halides is 3. The highest BCUT2D eigenvalue weighted by Gasteiger charge is 2.46. The van der Waals surface area contributed by atoms with Crippen LogP contribution in [0.1, 0.15) is 22.9 Å². The summed E-state index contributed by atoms with van der Waals surface area (Å²) in [4.78, 5) is 4.41. The summed E-state index contributed by atoms with van der Waals surface area (Å²) in [7, 11) is -5.56. The van der Waals surface area contributed by atoms with Gasteiger partial charge in [0.15, 0.2) is 0 Å². The van der Waals surface area contributed by atoms with E-state index in [9.17, 15) is 31.1 Å². The molecule has 0 radical (unpaired) electrons. The molecule has 4 aromatic rings. The standard InChI is InChI=1S/C27H22F4N2O5S/c28-23-12-19(32-24-7-2-1-6-21(23)24)15-37-20-8-9-25-22(13-20)26(34)17(14-38-25)10-16-4-3-5-18(11-16)33-39(35,36)27(29,30)31/h1-9,11-13,17,26,33-34H,10,14-15H2/t17-,26-/m1/s1. The molecule has 0 aliphatic carbocycles. The second kappa shape index (κ2) is 10.3. The van der Waals surface area contributed by atoms with E-state index < -0.39 is 33.4 Å². The van der Waals surface area contributed by atoms with Gasteiger partial charge in [0, 0.05) is 22.6 Å². The minimum absolute atomic E-state index is 0.0124. The van der Waals surface area contributed by atoms with Crippen molar-refractivity contribution in [2.45, 2.75) is 24.6 Å². The third-order valence-electron chi connectivity index (χ3n) is 6.29. The van der Waals surface area contributed by atoms with Gasteiger partial charge in [-0.15, -0.1) is 0 Å². The fourth-order valence-corrected chi connectivity index (χ4v) is 4.94. The number of halogens is 4. The highest BCUT2D eigenvalue weighted by Crippen LogP contribution is 2.39. The number of aromatic nitrogens is 1. The van der Waals surface area contributed by atoms with Gasteiger partial charge < -0.3 is 14.6 Å². The van der Waals surface area contributed by atoms with Crippen LogP contribution in [0.25, 0.3) is 10.9 Å². The lowest BCUT2D eigenvalue weighted by Crippen LogP contribution is -2.30. The summed E-state index contributed by atoms with van der Waals surface area (Å²) in [6.07, 6.45) is -0.794. The van der Waals surface area contributed by atoms with Crippen LogP contribution in [0.2, 0.25) is 0 Å². The molecule has 0 amide bonds. The molecule has 0 saturated carbocycles. The zero-order valence-electron chi connectivity index (χ0n) is 20.2. The van der Waals surface area contributed by atoms with E-state index in [1.54, 1.807) is 48.5 Å². The summed E-state index contributed by atoms with van der Waals surface area (Å²) >= 11 is 0. The number of pyridine rings is 1. The van der Waals surface area contributed by atoms with E-state index in [2.05, 4.69) is 4.98 Å². The first-order valence-corrected chi connectivity index (χ1v) is 13.3. The van der Waals surface area contributed by atoms with Gasteiger partial charge in [-0.05, 0) is 60.5 Å². The third-order valence-corrected chi connectivity index (χ3v) is 7.40. The lowest BCUT2D eigenvalue weighted by atomic mass is 9.88. The molecule has 5 rings (SSSR count). The second-order valence-corrected chi connectivity index (χ2v) is 10.7. The number of nitrogens with one attached hydrogen (secondary N) is 1. The smallest absolute Gasteiger partial charge is 0.493 e. The predicted molar refractivity (Wildman–Crippen MR) is 135 cm³/mol. The normalized spacial score (nSPS) is 17.4. The van der Waals surface area contributed by atoms with Gasteiger partial charge in [-0.25, -0.2) is 9.37 Å². The summed E-state index contributed by atoms with van der Waals surface area (Å²) in [5.74, 6) is -0.0336. The maximum absolute atomic E-state index is 14.4. The quantitative estimate of drug-likeness (QED) is 0.289. The molecule has 1 aliphatic heterocycles. The lowest BCUT2D eigenvalue weighted by Gasteiger charge is -2.30. The molecule has 2 N–H and O–H groups in total. The fraction of sp³-hybridized carbons (Fsp3) is 0.222. The van der Waals surface area contributed by atoms with Crippen LogP contribution >= 0.6 is 0 Å². The van der Waals surface area contributed by atoms with Crippen LogP contribution in [0.5, 0.6) is 11.5 Å². The minimum atomic E-state index is -5.56. The summed E-state index contributed by atoms with van der Waals surface area (Å²) < 4.78 is 88.5. The van der Waals surface area contributed by atoms with Crippen LogP contribution in [0.15, 0.2) is 72.8 Å². The van der Waals surface area contributed by atoms with E-state index in [0.29, 0.717) is 39.2 Å². The lowest BCUT2D eigenvalue weighted by molar-refractivity contribution is -0.0429. The molecule has 12 heteroatoms. The molecular weight excluding hydrogens is 540 g/mol. The molecule has 0 unspecified atom stereocenters. The first-order chi connectivity index (χ1) is 18.5.